The summed E-state index contributed by atoms with van der Waals surface area (Å²) >= 11 is 2.88. The van der Waals surface area contributed by atoms with Crippen LogP contribution in [-0.2, 0) is 28.7 Å². The van der Waals surface area contributed by atoms with E-state index in [0.717, 1.165) is 21.9 Å². The highest BCUT2D eigenvalue weighted by atomic mass is 32.2. The molecule has 4 heterocycles. The lowest BCUT2D eigenvalue weighted by atomic mass is 10.2. The quantitative estimate of drug-likeness (QED) is 0.558. The van der Waals surface area contributed by atoms with Gasteiger partial charge in [-0.25, -0.2) is 17.5 Å². The van der Waals surface area contributed by atoms with Gasteiger partial charge in [0.2, 0.25) is 0 Å². The van der Waals surface area contributed by atoms with Crippen molar-refractivity contribution in [3.8, 4) is 10.4 Å². The zero-order chi connectivity index (χ0) is 22.0. The van der Waals surface area contributed by atoms with Crippen LogP contribution >= 0.6 is 23.1 Å². The second-order valence-electron chi connectivity index (χ2n) is 7.18. The van der Waals surface area contributed by atoms with E-state index in [1.807, 2.05) is 12.1 Å². The summed E-state index contributed by atoms with van der Waals surface area (Å²) in [5.74, 6) is 1.46. The van der Waals surface area contributed by atoms with Crippen LogP contribution < -0.4 is 11.2 Å². The van der Waals surface area contributed by atoms with Crippen LogP contribution in [0.1, 0.15) is 17.7 Å². The minimum Gasteiger partial charge on any atom is -0.297 e. The molecule has 0 radical (unpaired) electrons. The first-order chi connectivity index (χ1) is 14.9. The third-order valence-corrected chi connectivity index (χ3v) is 9.63. The molecule has 0 bridgehead atoms. The van der Waals surface area contributed by atoms with E-state index in [2.05, 4.69) is 9.97 Å². The van der Waals surface area contributed by atoms with Crippen LogP contribution in [0.2, 0.25) is 0 Å². The SMILES string of the molecule is CN(CCCn1c2c(c(=O)[nH]c1=O)CSCC2)S(=O)(=O)c1ccc(-c2cccnc2)s1. The summed E-state index contributed by atoms with van der Waals surface area (Å²) in [4.78, 5) is 31.6. The number of sulfonamides is 1. The molecule has 1 aliphatic rings. The van der Waals surface area contributed by atoms with Crippen LogP contribution in [0.5, 0.6) is 0 Å². The summed E-state index contributed by atoms with van der Waals surface area (Å²) < 4.78 is 29.1. The van der Waals surface area contributed by atoms with E-state index >= 15 is 0 Å². The third kappa shape index (κ3) is 4.54. The third-order valence-electron chi connectivity index (χ3n) is 5.19. The molecule has 0 saturated heterocycles. The van der Waals surface area contributed by atoms with Crippen molar-refractivity contribution in [2.45, 2.75) is 29.3 Å². The second kappa shape index (κ2) is 9.11. The largest absolute Gasteiger partial charge is 0.328 e. The molecule has 0 unspecified atom stereocenters. The fourth-order valence-electron chi connectivity index (χ4n) is 3.52. The van der Waals surface area contributed by atoms with E-state index in [-0.39, 0.29) is 16.3 Å². The normalized spacial score (nSPS) is 14.0. The standard InChI is InChI=1S/C20H22N4O4S3/c1-23(31(27,28)18-6-5-17(30-18)14-4-2-8-21-12-14)9-3-10-24-16-7-11-29-13-15(16)19(25)22-20(24)26/h2,4-6,8,12H,3,7,9-11,13H2,1H3,(H,22,25,26). The average Bonchev–Trinajstić information content (AvgIpc) is 3.28. The van der Waals surface area contributed by atoms with E-state index in [1.165, 1.54) is 15.6 Å². The molecule has 31 heavy (non-hydrogen) atoms. The molecule has 1 aliphatic heterocycles. The highest BCUT2D eigenvalue weighted by Crippen LogP contribution is 2.31. The van der Waals surface area contributed by atoms with Crippen LogP contribution in [-0.4, -0.2) is 46.6 Å². The Bertz CT molecular complexity index is 1300. The number of aromatic nitrogens is 3. The molecule has 3 aromatic rings. The summed E-state index contributed by atoms with van der Waals surface area (Å²) in [6.07, 6.45) is 4.50. The number of pyridine rings is 1. The molecule has 11 heteroatoms. The zero-order valence-electron chi connectivity index (χ0n) is 16.9. The Hall–Kier alpha value is -2.21. The molecule has 164 valence electrons. The van der Waals surface area contributed by atoms with Crippen LogP contribution in [0, 0.1) is 0 Å². The molecule has 0 spiro atoms. The number of hydrogen-bond acceptors (Lipinski definition) is 7. The molecular formula is C20H22N4O4S3. The van der Waals surface area contributed by atoms with Crippen molar-refractivity contribution < 1.29 is 8.42 Å². The smallest absolute Gasteiger partial charge is 0.297 e. The number of fused-ring (bicyclic) bond motifs is 1. The highest BCUT2D eigenvalue weighted by molar-refractivity contribution is 7.98. The number of thioether (sulfide) groups is 1. The molecule has 0 aliphatic carbocycles. The predicted molar refractivity (Wildman–Crippen MR) is 123 cm³/mol. The number of aromatic amines is 1. The Morgan fingerprint density at radius 1 is 1.26 bits per heavy atom. The summed E-state index contributed by atoms with van der Waals surface area (Å²) in [6, 6.07) is 7.09. The Kier molecular flexibility index (Phi) is 6.47. The minimum atomic E-state index is -3.63. The van der Waals surface area contributed by atoms with Gasteiger partial charge in [0.25, 0.3) is 15.6 Å². The second-order valence-corrected chi connectivity index (χ2v) is 11.6. The fourth-order valence-corrected chi connectivity index (χ4v) is 7.22. The topological polar surface area (TPSA) is 105 Å². The molecule has 3 aromatic heterocycles. The van der Waals surface area contributed by atoms with Gasteiger partial charge in [-0.2, -0.15) is 11.8 Å². The molecule has 0 amide bonds. The number of hydrogen-bond donors (Lipinski definition) is 1. The molecule has 0 saturated carbocycles. The van der Waals surface area contributed by atoms with Gasteiger partial charge in [-0.05, 0) is 36.8 Å². The monoisotopic (exact) mass is 478 g/mol. The first kappa shape index (κ1) is 22.0. The lowest BCUT2D eigenvalue weighted by Gasteiger charge is -2.21. The number of nitrogens with zero attached hydrogens (tertiary/aromatic N) is 3. The molecular weight excluding hydrogens is 456 g/mol. The van der Waals surface area contributed by atoms with Gasteiger partial charge in [0.1, 0.15) is 4.21 Å². The molecule has 4 rings (SSSR count). The molecule has 0 aromatic carbocycles. The van der Waals surface area contributed by atoms with Crippen molar-refractivity contribution in [3.63, 3.8) is 0 Å². The van der Waals surface area contributed by atoms with Crippen molar-refractivity contribution in [2.75, 3.05) is 19.3 Å². The molecule has 8 nitrogen and oxygen atoms in total. The summed E-state index contributed by atoms with van der Waals surface area (Å²) in [5, 5.41) is 0. The lowest BCUT2D eigenvalue weighted by molar-refractivity contribution is 0.440. The van der Waals surface area contributed by atoms with Crippen molar-refractivity contribution >= 4 is 33.1 Å². The maximum Gasteiger partial charge on any atom is 0.328 e. The van der Waals surface area contributed by atoms with Crippen molar-refractivity contribution in [1.29, 1.82) is 0 Å². The Labute approximate surface area is 188 Å². The number of thiophene rings is 1. The zero-order valence-corrected chi connectivity index (χ0v) is 19.4. The summed E-state index contributed by atoms with van der Waals surface area (Å²) in [5.41, 5.74) is 1.55. The van der Waals surface area contributed by atoms with E-state index in [4.69, 9.17) is 0 Å². The van der Waals surface area contributed by atoms with Crippen LogP contribution in [0.3, 0.4) is 0 Å². The van der Waals surface area contributed by atoms with Crippen molar-refractivity contribution in [3.05, 3.63) is 68.8 Å². The van der Waals surface area contributed by atoms with Gasteiger partial charge in [0, 0.05) is 60.0 Å². The number of nitrogens with one attached hydrogen (secondary N) is 1. The van der Waals surface area contributed by atoms with Crippen molar-refractivity contribution in [2.24, 2.45) is 0 Å². The van der Waals surface area contributed by atoms with Gasteiger partial charge in [-0.1, -0.05) is 6.07 Å². The summed E-state index contributed by atoms with van der Waals surface area (Å²) in [7, 11) is -2.09. The van der Waals surface area contributed by atoms with Crippen LogP contribution in [0.4, 0.5) is 0 Å². The molecule has 0 atom stereocenters. The average molecular weight is 479 g/mol. The maximum atomic E-state index is 13.0. The molecule has 0 fully saturated rings. The van der Waals surface area contributed by atoms with Gasteiger partial charge in [0.05, 0.1) is 0 Å². The van der Waals surface area contributed by atoms with E-state index in [1.54, 1.807) is 47.9 Å². The lowest BCUT2D eigenvalue weighted by Crippen LogP contribution is -2.37. The van der Waals surface area contributed by atoms with Gasteiger partial charge in [0.15, 0.2) is 0 Å². The number of rotatable bonds is 7. The highest BCUT2D eigenvalue weighted by Gasteiger charge is 2.24. The van der Waals surface area contributed by atoms with Gasteiger partial charge >= 0.3 is 5.69 Å². The van der Waals surface area contributed by atoms with Crippen molar-refractivity contribution in [1.82, 2.24) is 18.8 Å². The van der Waals surface area contributed by atoms with Crippen LogP contribution in [0.15, 0.2) is 50.5 Å². The first-order valence-electron chi connectivity index (χ1n) is 9.77. The number of H-pyrrole nitrogens is 1. The van der Waals surface area contributed by atoms with Gasteiger partial charge in [-0.3, -0.25) is 19.3 Å². The van der Waals surface area contributed by atoms with Gasteiger partial charge < -0.3 is 0 Å². The minimum absolute atomic E-state index is 0.261. The predicted octanol–water partition coefficient (Wildman–Crippen LogP) is 2.16. The Morgan fingerprint density at radius 2 is 2.10 bits per heavy atom. The fraction of sp³-hybridized carbons (Fsp3) is 0.350. The van der Waals surface area contributed by atoms with E-state index < -0.39 is 15.7 Å². The molecule has 1 N–H and O–H groups in total. The Balaban J connectivity index is 1.46. The summed E-state index contributed by atoms with van der Waals surface area (Å²) in [6.45, 7) is 0.616. The van der Waals surface area contributed by atoms with Gasteiger partial charge in [-0.15, -0.1) is 11.3 Å². The van der Waals surface area contributed by atoms with E-state index in [0.29, 0.717) is 30.7 Å². The van der Waals surface area contributed by atoms with Crippen LogP contribution in [0.25, 0.3) is 10.4 Å². The van der Waals surface area contributed by atoms with E-state index in [9.17, 15) is 18.0 Å². The first-order valence-corrected chi connectivity index (χ1v) is 13.2. The maximum absolute atomic E-state index is 13.0. The Morgan fingerprint density at radius 3 is 2.87 bits per heavy atom.